The molecule has 1 aromatic carbocycles. The molecule has 1 nitrogen and oxygen atoms in total. The molecule has 1 saturated carbocycles. The molecule has 3 heteroatoms. The average molecular weight is 301 g/mol. The standard InChI is InChI=1S/C16H22Cl2O/c1-2-3-12-6-8-16(19,9-7-12)11-13-10-14(17)4-5-15(13)18/h4-5,10,12,19H,2-3,6-9,11H2,1H3. The summed E-state index contributed by atoms with van der Waals surface area (Å²) in [6.45, 7) is 2.23. The Bertz CT molecular complexity index is 423. The fraction of sp³-hybridized carbons (Fsp3) is 0.625. The summed E-state index contributed by atoms with van der Waals surface area (Å²) < 4.78 is 0. The molecule has 0 saturated heterocycles. The molecule has 19 heavy (non-hydrogen) atoms. The lowest BCUT2D eigenvalue weighted by atomic mass is 9.75. The van der Waals surface area contributed by atoms with Crippen molar-refractivity contribution in [3.8, 4) is 0 Å². The molecular formula is C16H22Cl2O. The third-order valence-electron chi connectivity index (χ3n) is 4.26. The first kappa shape index (κ1) is 15.2. The number of rotatable bonds is 4. The molecule has 1 fully saturated rings. The van der Waals surface area contributed by atoms with Crippen molar-refractivity contribution in [3.63, 3.8) is 0 Å². The van der Waals surface area contributed by atoms with Crippen LogP contribution in [0.25, 0.3) is 0 Å². The van der Waals surface area contributed by atoms with Crippen LogP contribution in [0.5, 0.6) is 0 Å². The van der Waals surface area contributed by atoms with Crippen LogP contribution in [0.4, 0.5) is 0 Å². The van der Waals surface area contributed by atoms with Gasteiger partial charge in [-0.1, -0.05) is 43.0 Å². The molecule has 1 aliphatic carbocycles. The second kappa shape index (κ2) is 6.47. The molecule has 1 aromatic rings. The van der Waals surface area contributed by atoms with Gasteiger partial charge in [0.05, 0.1) is 5.60 Å². The summed E-state index contributed by atoms with van der Waals surface area (Å²) in [5.41, 5.74) is 0.365. The van der Waals surface area contributed by atoms with Gasteiger partial charge >= 0.3 is 0 Å². The van der Waals surface area contributed by atoms with Crippen molar-refractivity contribution in [3.05, 3.63) is 33.8 Å². The van der Waals surface area contributed by atoms with E-state index in [9.17, 15) is 5.11 Å². The predicted octanol–water partition coefficient (Wildman–Crippen LogP) is 5.26. The normalized spacial score (nSPS) is 27.5. The summed E-state index contributed by atoms with van der Waals surface area (Å²) >= 11 is 12.2. The van der Waals surface area contributed by atoms with E-state index in [2.05, 4.69) is 6.92 Å². The van der Waals surface area contributed by atoms with E-state index >= 15 is 0 Å². The van der Waals surface area contributed by atoms with E-state index in [0.717, 1.165) is 37.2 Å². The number of aliphatic hydroxyl groups is 1. The number of hydrogen-bond donors (Lipinski definition) is 1. The summed E-state index contributed by atoms with van der Waals surface area (Å²) in [7, 11) is 0. The van der Waals surface area contributed by atoms with Crippen LogP contribution in [0.1, 0.15) is 51.0 Å². The maximum absolute atomic E-state index is 10.7. The molecule has 0 amide bonds. The van der Waals surface area contributed by atoms with E-state index in [1.54, 1.807) is 6.07 Å². The van der Waals surface area contributed by atoms with Gasteiger partial charge in [-0.15, -0.1) is 0 Å². The van der Waals surface area contributed by atoms with Gasteiger partial charge < -0.3 is 5.11 Å². The predicted molar refractivity (Wildman–Crippen MR) is 82.0 cm³/mol. The van der Waals surface area contributed by atoms with Gasteiger partial charge in [0, 0.05) is 16.5 Å². The van der Waals surface area contributed by atoms with Crippen molar-refractivity contribution in [2.45, 2.75) is 57.5 Å². The van der Waals surface area contributed by atoms with Crippen LogP contribution in [-0.2, 0) is 6.42 Å². The highest BCUT2D eigenvalue weighted by Crippen LogP contribution is 2.37. The zero-order chi connectivity index (χ0) is 13.9. The molecule has 0 aliphatic heterocycles. The molecule has 1 N–H and O–H groups in total. The fourth-order valence-electron chi connectivity index (χ4n) is 3.12. The van der Waals surface area contributed by atoms with Crippen molar-refractivity contribution in [1.82, 2.24) is 0 Å². The van der Waals surface area contributed by atoms with Crippen LogP contribution in [0, 0.1) is 5.92 Å². The SMILES string of the molecule is CCCC1CCC(O)(Cc2cc(Cl)ccc2Cl)CC1. The van der Waals surface area contributed by atoms with Gasteiger partial charge in [0.2, 0.25) is 0 Å². The highest BCUT2D eigenvalue weighted by molar-refractivity contribution is 6.33. The molecule has 0 heterocycles. The molecule has 0 spiro atoms. The monoisotopic (exact) mass is 300 g/mol. The minimum atomic E-state index is -0.599. The van der Waals surface area contributed by atoms with Gasteiger partial charge in [-0.05, 0) is 55.4 Å². The Hall–Kier alpha value is -0.240. The van der Waals surface area contributed by atoms with E-state index in [1.807, 2.05) is 12.1 Å². The van der Waals surface area contributed by atoms with Crippen molar-refractivity contribution in [2.75, 3.05) is 0 Å². The Morgan fingerprint density at radius 2 is 1.95 bits per heavy atom. The molecule has 106 valence electrons. The zero-order valence-corrected chi connectivity index (χ0v) is 13.0. The zero-order valence-electron chi connectivity index (χ0n) is 11.5. The van der Waals surface area contributed by atoms with Crippen LogP contribution in [0.2, 0.25) is 10.0 Å². The van der Waals surface area contributed by atoms with E-state index in [-0.39, 0.29) is 0 Å². The van der Waals surface area contributed by atoms with Crippen LogP contribution in [-0.4, -0.2) is 10.7 Å². The second-order valence-corrected chi connectivity index (χ2v) is 6.71. The molecule has 0 unspecified atom stereocenters. The quantitative estimate of drug-likeness (QED) is 0.804. The van der Waals surface area contributed by atoms with Gasteiger partial charge in [-0.3, -0.25) is 0 Å². The minimum absolute atomic E-state index is 0.599. The minimum Gasteiger partial charge on any atom is -0.390 e. The molecule has 2 rings (SSSR count). The highest BCUT2D eigenvalue weighted by atomic mass is 35.5. The summed E-state index contributed by atoms with van der Waals surface area (Å²) in [4.78, 5) is 0. The molecular weight excluding hydrogens is 279 g/mol. The maximum atomic E-state index is 10.7. The largest absolute Gasteiger partial charge is 0.390 e. The van der Waals surface area contributed by atoms with Gasteiger partial charge in [-0.25, -0.2) is 0 Å². The summed E-state index contributed by atoms with van der Waals surface area (Å²) in [6.07, 6.45) is 7.15. The van der Waals surface area contributed by atoms with Crippen molar-refractivity contribution >= 4 is 23.2 Å². The van der Waals surface area contributed by atoms with Gasteiger partial charge in [0.15, 0.2) is 0 Å². The fourth-order valence-corrected chi connectivity index (χ4v) is 3.50. The van der Waals surface area contributed by atoms with Crippen LogP contribution in [0.3, 0.4) is 0 Å². The number of halogens is 2. The van der Waals surface area contributed by atoms with Crippen LogP contribution >= 0.6 is 23.2 Å². The second-order valence-electron chi connectivity index (χ2n) is 5.87. The van der Waals surface area contributed by atoms with Crippen LogP contribution < -0.4 is 0 Å². The first-order valence-electron chi connectivity index (χ1n) is 7.19. The van der Waals surface area contributed by atoms with Gasteiger partial charge in [-0.2, -0.15) is 0 Å². The number of hydrogen-bond acceptors (Lipinski definition) is 1. The van der Waals surface area contributed by atoms with E-state index in [4.69, 9.17) is 23.2 Å². The van der Waals surface area contributed by atoms with Crippen molar-refractivity contribution in [2.24, 2.45) is 5.92 Å². The number of benzene rings is 1. The van der Waals surface area contributed by atoms with Crippen molar-refractivity contribution < 1.29 is 5.11 Å². The lowest BCUT2D eigenvalue weighted by Crippen LogP contribution is -2.36. The molecule has 1 aliphatic rings. The summed E-state index contributed by atoms with van der Waals surface area (Å²) in [5, 5.41) is 12.1. The Labute approximate surface area is 125 Å². The van der Waals surface area contributed by atoms with Crippen molar-refractivity contribution in [1.29, 1.82) is 0 Å². The highest BCUT2D eigenvalue weighted by Gasteiger charge is 2.33. The third-order valence-corrected chi connectivity index (χ3v) is 4.86. The van der Waals surface area contributed by atoms with Crippen LogP contribution in [0.15, 0.2) is 18.2 Å². The lowest BCUT2D eigenvalue weighted by molar-refractivity contribution is -0.00985. The summed E-state index contributed by atoms with van der Waals surface area (Å²) in [6, 6.07) is 5.47. The Morgan fingerprint density at radius 3 is 2.58 bits per heavy atom. The smallest absolute Gasteiger partial charge is 0.0688 e. The Balaban J connectivity index is 2.00. The van der Waals surface area contributed by atoms with Gasteiger partial charge in [0.1, 0.15) is 0 Å². The third kappa shape index (κ3) is 4.11. The average Bonchev–Trinajstić information content (AvgIpc) is 2.37. The maximum Gasteiger partial charge on any atom is 0.0688 e. The van der Waals surface area contributed by atoms with Gasteiger partial charge in [0.25, 0.3) is 0 Å². The van der Waals surface area contributed by atoms with E-state index in [1.165, 1.54) is 12.8 Å². The first-order valence-corrected chi connectivity index (χ1v) is 7.94. The lowest BCUT2D eigenvalue weighted by Gasteiger charge is -2.36. The summed E-state index contributed by atoms with van der Waals surface area (Å²) in [5.74, 6) is 0.792. The molecule has 0 radical (unpaired) electrons. The molecule has 0 aromatic heterocycles. The Kier molecular flexibility index (Phi) is 5.16. The van der Waals surface area contributed by atoms with E-state index < -0.39 is 5.60 Å². The first-order chi connectivity index (χ1) is 9.02. The van der Waals surface area contributed by atoms with E-state index in [0.29, 0.717) is 16.5 Å². The molecule has 0 atom stereocenters. The topological polar surface area (TPSA) is 20.2 Å². The molecule has 0 bridgehead atoms. The Morgan fingerprint density at radius 1 is 1.26 bits per heavy atom.